The number of hydrogen-bond donors (Lipinski definition) is 4. The predicted octanol–water partition coefficient (Wildman–Crippen LogP) is 23.1. The van der Waals surface area contributed by atoms with Crippen molar-refractivity contribution in [1.29, 1.82) is 0 Å². The van der Waals surface area contributed by atoms with E-state index in [0.29, 0.717) is 19.3 Å². The number of ether oxygens (including phenoxy) is 3. The third-order valence-corrected chi connectivity index (χ3v) is 18.2. The molecule has 0 spiro atoms. The van der Waals surface area contributed by atoms with Crippen molar-refractivity contribution in [3.63, 3.8) is 0 Å². The molecule has 0 aliphatic rings. The maximum Gasteiger partial charge on any atom is 0.472 e. The molecule has 5 atom stereocenters. The number of carbonyl (C=O) groups is 3. The van der Waals surface area contributed by atoms with Gasteiger partial charge in [-0.1, -0.05) is 296 Å². The highest BCUT2D eigenvalue weighted by atomic mass is 31.2. The molecule has 4 N–H and O–H groups in total. The molecule has 0 rings (SSSR count). The second-order valence-corrected chi connectivity index (χ2v) is 29.0. The van der Waals surface area contributed by atoms with Crippen molar-refractivity contribution in [3.05, 3.63) is 134 Å². The summed E-state index contributed by atoms with van der Waals surface area (Å²) >= 11 is 0. The summed E-state index contributed by atoms with van der Waals surface area (Å²) in [5.41, 5.74) is 0. The van der Waals surface area contributed by atoms with Crippen LogP contribution in [0.25, 0.3) is 0 Å². The van der Waals surface area contributed by atoms with Gasteiger partial charge in [-0.15, -0.1) is 0 Å². The van der Waals surface area contributed by atoms with Gasteiger partial charge in [-0.25, -0.2) is 9.13 Å². The quantitative estimate of drug-likeness (QED) is 0.0146. The molecule has 0 aliphatic heterocycles. The first-order valence-electron chi connectivity index (χ1n) is 39.5. The molecular formula is C83H142O16P2. The SMILES string of the molecule is CC/C=C\C/C=C\C/C=C\C/C=C\C/C=C\C/C=C\CCCCCCCCC(=O)OCC(COP(=O)(O)OCC(O)COP(=O)(O)OCC(O)COC(=O)CCCCCCCCCCCCCCC/C=C\C/C=C\C/C=C\C/C=C\CCCCC)OC(=O)CCCCCCC/C=C\CCCC. The highest BCUT2D eigenvalue weighted by molar-refractivity contribution is 7.47. The van der Waals surface area contributed by atoms with E-state index in [1.807, 2.05) is 0 Å². The van der Waals surface area contributed by atoms with Crippen molar-refractivity contribution >= 4 is 33.6 Å². The molecule has 16 nitrogen and oxygen atoms in total. The van der Waals surface area contributed by atoms with Crippen LogP contribution in [0.1, 0.15) is 316 Å². The van der Waals surface area contributed by atoms with Gasteiger partial charge in [-0.2, -0.15) is 0 Å². The number of aliphatic hydroxyl groups excluding tert-OH is 2. The highest BCUT2D eigenvalue weighted by Crippen LogP contribution is 2.45. The lowest BCUT2D eigenvalue weighted by Crippen LogP contribution is -2.30. The van der Waals surface area contributed by atoms with Crippen LogP contribution in [0.5, 0.6) is 0 Å². The molecule has 18 heteroatoms. The number of phosphoric ester groups is 2. The van der Waals surface area contributed by atoms with Crippen molar-refractivity contribution in [2.75, 3.05) is 39.6 Å². The average molecular weight is 1460 g/mol. The third-order valence-electron chi connectivity index (χ3n) is 16.3. The molecule has 0 saturated heterocycles. The molecule has 0 aromatic carbocycles. The second kappa shape index (κ2) is 75.4. The van der Waals surface area contributed by atoms with Crippen LogP contribution in [-0.4, -0.2) is 95.9 Å². The maximum atomic E-state index is 12.9. The molecule has 0 amide bonds. The van der Waals surface area contributed by atoms with Gasteiger partial charge in [0, 0.05) is 19.3 Å². The summed E-state index contributed by atoms with van der Waals surface area (Å²) in [6, 6.07) is 0. The first kappa shape index (κ1) is 96.7. The summed E-state index contributed by atoms with van der Waals surface area (Å²) < 4.78 is 61.0. The first-order valence-corrected chi connectivity index (χ1v) is 42.5. The molecule has 0 bridgehead atoms. The molecule has 5 unspecified atom stereocenters. The molecule has 580 valence electrons. The maximum absolute atomic E-state index is 12.9. The normalized spacial score (nSPS) is 14.7. The second-order valence-electron chi connectivity index (χ2n) is 26.1. The molecular weight excluding hydrogens is 1310 g/mol. The van der Waals surface area contributed by atoms with Gasteiger partial charge in [0.05, 0.1) is 26.4 Å². The number of phosphoric acid groups is 2. The molecule has 0 aromatic heterocycles. The van der Waals surface area contributed by atoms with E-state index in [4.69, 9.17) is 32.3 Å². The van der Waals surface area contributed by atoms with E-state index in [1.54, 1.807) is 0 Å². The molecule has 0 saturated carbocycles. The van der Waals surface area contributed by atoms with E-state index < -0.39 is 91.5 Å². The molecule has 0 radical (unpaired) electrons. The Balaban J connectivity index is 4.47. The lowest BCUT2D eigenvalue weighted by molar-refractivity contribution is -0.161. The Labute approximate surface area is 614 Å². The van der Waals surface area contributed by atoms with Gasteiger partial charge in [-0.05, 0) is 135 Å². The lowest BCUT2D eigenvalue weighted by Gasteiger charge is -2.21. The number of aliphatic hydroxyl groups is 2. The van der Waals surface area contributed by atoms with Gasteiger partial charge in [0.1, 0.15) is 25.4 Å². The molecule has 0 aromatic rings. The van der Waals surface area contributed by atoms with Gasteiger partial charge < -0.3 is 34.2 Å². The number of unbranched alkanes of at least 4 members (excludes halogenated alkanes) is 29. The minimum atomic E-state index is -4.93. The van der Waals surface area contributed by atoms with Crippen molar-refractivity contribution in [1.82, 2.24) is 0 Å². The van der Waals surface area contributed by atoms with Gasteiger partial charge >= 0.3 is 33.6 Å². The first-order chi connectivity index (χ1) is 49.2. The van der Waals surface area contributed by atoms with Crippen molar-refractivity contribution in [3.8, 4) is 0 Å². The molecule has 101 heavy (non-hydrogen) atoms. The zero-order valence-corrected chi connectivity index (χ0v) is 65.1. The van der Waals surface area contributed by atoms with Crippen LogP contribution < -0.4 is 0 Å². The monoisotopic (exact) mass is 1460 g/mol. The Morgan fingerprint density at radius 2 is 0.535 bits per heavy atom. The van der Waals surface area contributed by atoms with Crippen LogP contribution in [0.15, 0.2) is 134 Å². The van der Waals surface area contributed by atoms with Crippen molar-refractivity contribution < 1.29 is 75.8 Å². The van der Waals surface area contributed by atoms with E-state index in [-0.39, 0.29) is 19.3 Å². The largest absolute Gasteiger partial charge is 0.472 e. The summed E-state index contributed by atoms with van der Waals surface area (Å²) in [6.45, 7) is 2.47. The zero-order chi connectivity index (χ0) is 73.7. The van der Waals surface area contributed by atoms with Crippen LogP contribution in [0, 0.1) is 0 Å². The standard InChI is InChI=1S/C83H142O16P2/c1-4-7-10-13-16-19-22-24-26-28-30-32-34-36-37-38-39-41-43-44-46-48-50-52-55-57-60-63-66-69-81(86)93-72-78(84)73-95-100(89,90)96-74-79(85)75-97-101(91,92)98-77-80(99-83(88)71-68-65-62-59-54-21-18-15-12-9-6-3)76-94-82(87)70-67-64-61-58-56-53-51-49-47-45-42-40-35-33-31-29-27-25-23-20-17-14-11-8-5-2/h8,11,15-20,24-27,30-33,36-37,40,42,47,49,78-80,84-85H,4-7,9-10,12-14,21-23,28-29,34-35,38-39,41,43-46,48,50-77H2,1-3H3,(H,89,90)(H,91,92)/b11-8-,18-15-,19-16-,20-17-,26-24-,27-25-,32-30-,33-31-,37-36-,42-40-,49-47-. The smallest absolute Gasteiger partial charge is 0.463 e. The molecule has 0 heterocycles. The van der Waals surface area contributed by atoms with E-state index >= 15 is 0 Å². The van der Waals surface area contributed by atoms with E-state index in [0.717, 1.165) is 161 Å². The van der Waals surface area contributed by atoms with Gasteiger partial charge in [0.25, 0.3) is 0 Å². The fraction of sp³-hybridized carbons (Fsp3) is 0.699. The topological polar surface area (TPSA) is 231 Å². The minimum absolute atomic E-state index is 0.0876. The predicted molar refractivity (Wildman–Crippen MR) is 417 cm³/mol. The summed E-state index contributed by atoms with van der Waals surface area (Å²) in [6.07, 6.45) is 90.9. The van der Waals surface area contributed by atoms with Crippen LogP contribution in [0.4, 0.5) is 0 Å². The van der Waals surface area contributed by atoms with Crippen molar-refractivity contribution in [2.24, 2.45) is 0 Å². The fourth-order valence-corrected chi connectivity index (χ4v) is 11.9. The molecule has 0 fully saturated rings. The van der Waals surface area contributed by atoms with Gasteiger partial charge in [0.2, 0.25) is 0 Å². The highest BCUT2D eigenvalue weighted by Gasteiger charge is 2.29. The third kappa shape index (κ3) is 76.6. The Morgan fingerprint density at radius 1 is 0.287 bits per heavy atom. The fourth-order valence-electron chi connectivity index (χ4n) is 10.3. The van der Waals surface area contributed by atoms with E-state index in [1.165, 1.54) is 96.3 Å². The van der Waals surface area contributed by atoms with Crippen molar-refractivity contribution in [2.45, 2.75) is 334 Å². The zero-order valence-electron chi connectivity index (χ0n) is 63.3. The Hall–Kier alpha value is -4.31. The van der Waals surface area contributed by atoms with Crippen LogP contribution in [0.3, 0.4) is 0 Å². The Bertz CT molecular complexity index is 2370. The number of esters is 3. The van der Waals surface area contributed by atoms with Gasteiger partial charge in [-0.3, -0.25) is 32.5 Å². The van der Waals surface area contributed by atoms with E-state index in [9.17, 15) is 43.5 Å². The Kier molecular flexibility index (Phi) is 72.2. The molecule has 0 aliphatic carbocycles. The number of allylic oxidation sites excluding steroid dienone is 22. The average Bonchev–Trinajstić information content (AvgIpc) is 0.950. The lowest BCUT2D eigenvalue weighted by atomic mass is 10.0. The van der Waals surface area contributed by atoms with Crippen LogP contribution >= 0.6 is 15.6 Å². The van der Waals surface area contributed by atoms with Crippen LogP contribution in [0.2, 0.25) is 0 Å². The summed E-state index contributed by atoms with van der Waals surface area (Å²) in [5, 5.41) is 20.6. The number of hydrogen-bond acceptors (Lipinski definition) is 14. The minimum Gasteiger partial charge on any atom is -0.463 e. The number of carbonyl (C=O) groups excluding carboxylic acids is 3. The summed E-state index contributed by atoms with van der Waals surface area (Å²) in [5.74, 6) is -1.60. The van der Waals surface area contributed by atoms with Crippen LogP contribution in [-0.2, 0) is 55.8 Å². The summed E-state index contributed by atoms with van der Waals surface area (Å²) in [4.78, 5) is 58.5. The Morgan fingerprint density at radius 3 is 0.871 bits per heavy atom. The van der Waals surface area contributed by atoms with E-state index in [2.05, 4.69) is 154 Å². The van der Waals surface area contributed by atoms with Gasteiger partial charge in [0.15, 0.2) is 6.10 Å². The summed E-state index contributed by atoms with van der Waals surface area (Å²) in [7, 11) is -9.79. The number of rotatable bonds is 74.